The Labute approximate surface area is 193 Å². The smallest absolute Gasteiger partial charge is 0.294 e. The highest BCUT2D eigenvalue weighted by molar-refractivity contribution is 5.78. The van der Waals surface area contributed by atoms with Gasteiger partial charge >= 0.3 is 0 Å². The summed E-state index contributed by atoms with van der Waals surface area (Å²) in [5.74, 6) is 1.75. The van der Waals surface area contributed by atoms with Crippen molar-refractivity contribution in [3.05, 3.63) is 40.1 Å². The van der Waals surface area contributed by atoms with Gasteiger partial charge in [0.15, 0.2) is 0 Å². The fourth-order valence-electron chi connectivity index (χ4n) is 4.52. The van der Waals surface area contributed by atoms with Gasteiger partial charge in [-0.2, -0.15) is 5.26 Å². The molecule has 10 heteroatoms. The lowest BCUT2D eigenvalue weighted by molar-refractivity contribution is -0.384. The predicted molar refractivity (Wildman–Crippen MR) is 127 cm³/mol. The molecule has 0 aliphatic heterocycles. The van der Waals surface area contributed by atoms with Crippen LogP contribution in [-0.2, 0) is 0 Å². The topological polar surface area (TPSA) is 120 Å². The van der Waals surface area contributed by atoms with Crippen molar-refractivity contribution >= 4 is 28.6 Å². The number of ether oxygens (including phenoxy) is 1. The Balaban J connectivity index is 1.62. The van der Waals surface area contributed by atoms with E-state index in [1.807, 2.05) is 30.9 Å². The van der Waals surface area contributed by atoms with E-state index in [1.54, 1.807) is 12.1 Å². The van der Waals surface area contributed by atoms with Gasteiger partial charge in [0.05, 0.1) is 29.0 Å². The van der Waals surface area contributed by atoms with E-state index in [0.717, 1.165) is 37.4 Å². The molecule has 3 saturated carbocycles. The molecule has 174 valence electrons. The number of nitrogens with zero attached hydrogens (tertiary/aromatic N) is 5. The highest BCUT2D eigenvalue weighted by Gasteiger charge is 2.56. The molecule has 5 rings (SSSR count). The molecule has 1 heterocycles. The number of likely N-dealkylation sites (N-methyl/N-ethyl adjacent to an activating group) is 2. The normalized spacial score (nSPS) is 20.3. The van der Waals surface area contributed by atoms with Gasteiger partial charge in [0.2, 0.25) is 0 Å². The third kappa shape index (κ3) is 4.50. The maximum atomic E-state index is 11.8. The molecule has 1 aromatic heterocycles. The molecule has 0 radical (unpaired) electrons. The molecule has 2 aromatic rings. The summed E-state index contributed by atoms with van der Waals surface area (Å²) < 4.78 is 5.54. The number of nitrogens with one attached hydrogen (secondary N) is 2. The van der Waals surface area contributed by atoms with Gasteiger partial charge in [-0.25, -0.2) is 4.98 Å². The first-order valence-corrected chi connectivity index (χ1v) is 10.9. The van der Waals surface area contributed by atoms with Crippen LogP contribution in [-0.4, -0.2) is 61.7 Å². The number of rotatable bonds is 10. The summed E-state index contributed by atoms with van der Waals surface area (Å²) in [5, 5.41) is 28.0. The quantitative estimate of drug-likeness (QED) is 0.412. The van der Waals surface area contributed by atoms with Crippen molar-refractivity contribution in [1.29, 1.82) is 5.26 Å². The van der Waals surface area contributed by atoms with Crippen LogP contribution in [0.3, 0.4) is 0 Å². The van der Waals surface area contributed by atoms with Crippen molar-refractivity contribution in [2.75, 3.05) is 56.9 Å². The monoisotopic (exact) mass is 451 g/mol. The van der Waals surface area contributed by atoms with Crippen LogP contribution in [0, 0.1) is 27.4 Å². The molecule has 0 atom stereocenters. The average Bonchev–Trinajstić information content (AvgIpc) is 2.73. The molecule has 3 aliphatic carbocycles. The molecule has 10 nitrogen and oxygen atoms in total. The van der Waals surface area contributed by atoms with E-state index in [4.69, 9.17) is 4.74 Å². The summed E-state index contributed by atoms with van der Waals surface area (Å²) >= 11 is 0. The molecule has 0 amide bonds. The number of hydrogen-bond acceptors (Lipinski definition) is 9. The van der Waals surface area contributed by atoms with Crippen molar-refractivity contribution in [1.82, 2.24) is 9.88 Å². The standard InChI is InChI=1S/C23H29N7O3/c1-28(2)5-6-29(3)19-9-21(33-4)18(7-20(19)30(31)32)26-22-8-17(16(13-24)14-25-22)27-23-10-15(11-23)12-23/h7-9,14-15H,5-6,10-12H2,1-4H3,(H2,25,26,27). The van der Waals surface area contributed by atoms with Crippen LogP contribution < -0.4 is 20.3 Å². The third-order valence-electron chi connectivity index (χ3n) is 6.51. The van der Waals surface area contributed by atoms with Crippen LogP contribution in [0.5, 0.6) is 5.75 Å². The van der Waals surface area contributed by atoms with E-state index in [-0.39, 0.29) is 11.2 Å². The molecule has 2 N–H and O–H groups in total. The molecule has 33 heavy (non-hydrogen) atoms. The zero-order valence-corrected chi connectivity index (χ0v) is 19.4. The number of nitro benzene ring substituents is 1. The minimum Gasteiger partial charge on any atom is -0.494 e. The van der Waals surface area contributed by atoms with Gasteiger partial charge in [-0.15, -0.1) is 0 Å². The maximum Gasteiger partial charge on any atom is 0.294 e. The number of hydrogen-bond donors (Lipinski definition) is 2. The third-order valence-corrected chi connectivity index (χ3v) is 6.51. The van der Waals surface area contributed by atoms with Gasteiger partial charge in [0, 0.05) is 50.1 Å². The number of nitriles is 1. The van der Waals surface area contributed by atoms with Gasteiger partial charge in [0.25, 0.3) is 5.69 Å². The highest BCUT2D eigenvalue weighted by Crippen LogP contribution is 2.58. The van der Waals surface area contributed by atoms with Crippen molar-refractivity contribution in [3.8, 4) is 11.8 Å². The minimum absolute atomic E-state index is 0.0274. The van der Waals surface area contributed by atoms with Crippen LogP contribution >= 0.6 is 0 Å². The molecular formula is C23H29N7O3. The summed E-state index contributed by atoms with van der Waals surface area (Å²) in [6.07, 6.45) is 4.91. The molecule has 3 fully saturated rings. The summed E-state index contributed by atoms with van der Waals surface area (Å²) in [6, 6.07) is 7.10. The molecule has 2 bridgehead atoms. The summed E-state index contributed by atoms with van der Waals surface area (Å²) in [5.41, 5.74) is 2.18. The first-order chi connectivity index (χ1) is 15.7. The Kier molecular flexibility index (Phi) is 5.99. The van der Waals surface area contributed by atoms with Gasteiger partial charge in [-0.3, -0.25) is 10.1 Å². The van der Waals surface area contributed by atoms with E-state index < -0.39 is 4.92 Å². The Morgan fingerprint density at radius 2 is 1.97 bits per heavy atom. The summed E-state index contributed by atoms with van der Waals surface area (Å²) in [6.45, 7) is 1.38. The van der Waals surface area contributed by atoms with E-state index >= 15 is 0 Å². The second-order valence-corrected chi connectivity index (χ2v) is 9.26. The number of nitro groups is 1. The van der Waals surface area contributed by atoms with Gasteiger partial charge in [-0.1, -0.05) is 0 Å². The van der Waals surface area contributed by atoms with Gasteiger partial charge < -0.3 is 25.2 Å². The van der Waals surface area contributed by atoms with Crippen molar-refractivity contribution in [2.24, 2.45) is 5.92 Å². The van der Waals surface area contributed by atoms with Crippen molar-refractivity contribution < 1.29 is 9.66 Å². The van der Waals surface area contributed by atoms with E-state index in [0.29, 0.717) is 35.1 Å². The predicted octanol–water partition coefficient (Wildman–Crippen LogP) is 3.58. The Morgan fingerprint density at radius 3 is 2.52 bits per heavy atom. The van der Waals surface area contributed by atoms with Crippen LogP contribution in [0.2, 0.25) is 0 Å². The fraction of sp³-hybridized carbons (Fsp3) is 0.478. The first-order valence-electron chi connectivity index (χ1n) is 10.9. The summed E-state index contributed by atoms with van der Waals surface area (Å²) in [4.78, 5) is 19.6. The lowest BCUT2D eigenvalue weighted by atomic mass is 9.50. The zero-order chi connectivity index (χ0) is 23.8. The molecule has 0 saturated heterocycles. The zero-order valence-electron chi connectivity index (χ0n) is 19.4. The van der Waals surface area contributed by atoms with Crippen molar-refractivity contribution in [2.45, 2.75) is 24.8 Å². The maximum absolute atomic E-state index is 11.8. The van der Waals surface area contributed by atoms with E-state index in [2.05, 4.69) is 21.7 Å². The fourth-order valence-corrected chi connectivity index (χ4v) is 4.52. The Hall–Kier alpha value is -3.58. The van der Waals surface area contributed by atoms with Crippen LogP contribution in [0.25, 0.3) is 0 Å². The van der Waals surface area contributed by atoms with E-state index in [9.17, 15) is 15.4 Å². The average molecular weight is 452 g/mol. The Morgan fingerprint density at radius 1 is 1.24 bits per heavy atom. The van der Waals surface area contributed by atoms with Crippen LogP contribution in [0.15, 0.2) is 24.4 Å². The lowest BCUT2D eigenvalue weighted by Gasteiger charge is -2.62. The number of methoxy groups -OCH3 is 1. The number of benzene rings is 1. The SMILES string of the molecule is COc1cc(N(C)CCN(C)C)c([N+](=O)[O-])cc1Nc1cc(NC23CC(C2)C3)c(C#N)cn1. The van der Waals surface area contributed by atoms with Crippen LogP contribution in [0.4, 0.5) is 28.6 Å². The molecular weight excluding hydrogens is 422 g/mol. The molecule has 1 aromatic carbocycles. The second kappa shape index (κ2) is 8.75. The van der Waals surface area contributed by atoms with E-state index in [1.165, 1.54) is 19.4 Å². The minimum atomic E-state index is -0.395. The lowest BCUT2D eigenvalue weighted by Crippen LogP contribution is -2.63. The molecule has 0 unspecified atom stereocenters. The first kappa shape index (κ1) is 22.6. The number of anilines is 4. The second-order valence-electron chi connectivity index (χ2n) is 9.26. The number of pyridine rings is 1. The van der Waals surface area contributed by atoms with Crippen LogP contribution in [0.1, 0.15) is 24.8 Å². The number of aromatic nitrogens is 1. The summed E-state index contributed by atoms with van der Waals surface area (Å²) in [7, 11) is 7.26. The van der Waals surface area contributed by atoms with Gasteiger partial charge in [-0.05, 0) is 39.3 Å². The Bertz CT molecular complexity index is 1090. The molecule has 0 spiro atoms. The molecule has 3 aliphatic rings. The van der Waals surface area contributed by atoms with Crippen molar-refractivity contribution in [3.63, 3.8) is 0 Å². The van der Waals surface area contributed by atoms with Gasteiger partial charge in [0.1, 0.15) is 23.3 Å². The largest absolute Gasteiger partial charge is 0.494 e. The highest BCUT2D eigenvalue weighted by atomic mass is 16.6.